The number of piperidine rings is 1. The maximum Gasteiger partial charge on any atom is 0.324 e. The lowest BCUT2D eigenvalue weighted by molar-refractivity contribution is -0.136. The number of rotatable bonds is 2. The van der Waals surface area contributed by atoms with Crippen LogP contribution in [0, 0.1) is 0 Å². The van der Waals surface area contributed by atoms with Gasteiger partial charge in [-0.15, -0.1) is 0 Å². The number of carbonyl (C=O) groups excluding carboxylic acids is 5. The Bertz CT molecular complexity index is 918. The summed E-state index contributed by atoms with van der Waals surface area (Å²) < 4.78 is 0. The highest BCUT2D eigenvalue weighted by Gasteiger charge is 2.41. The van der Waals surface area contributed by atoms with Gasteiger partial charge in [-0.1, -0.05) is 12.1 Å². The normalized spacial score (nSPS) is 19.0. The number of nitrogens with zero attached hydrogens (tertiary/aromatic N) is 2. The monoisotopic (exact) mass is 400 g/mol. The lowest BCUT2D eigenvalue weighted by Crippen LogP contribution is -2.52. The van der Waals surface area contributed by atoms with Crippen molar-refractivity contribution >= 4 is 29.7 Å². The standard InChI is InChI=1S/C20H24N4O5/c1-20(2,3)22-19(29)23(4)17(27)12-7-5-6-11-10-24(18(28)15(11)12)13-8-9-14(25)21-16(13)26/h5-7,13H,8-10H2,1-4H3,(H,22,29)(H,21,25,26). The van der Waals surface area contributed by atoms with Crippen LogP contribution in [0.25, 0.3) is 0 Å². The van der Waals surface area contributed by atoms with Gasteiger partial charge in [-0.25, -0.2) is 4.79 Å². The molecule has 1 saturated heterocycles. The fourth-order valence-corrected chi connectivity index (χ4v) is 3.47. The molecule has 2 aliphatic heterocycles. The van der Waals surface area contributed by atoms with E-state index in [0.717, 1.165) is 4.90 Å². The first kappa shape index (κ1) is 20.5. The van der Waals surface area contributed by atoms with E-state index in [9.17, 15) is 24.0 Å². The minimum Gasteiger partial charge on any atom is -0.333 e. The second kappa shape index (κ2) is 7.31. The molecule has 1 aromatic rings. The molecule has 29 heavy (non-hydrogen) atoms. The zero-order chi connectivity index (χ0) is 21.5. The van der Waals surface area contributed by atoms with Crippen LogP contribution in [-0.2, 0) is 16.1 Å². The number of fused-ring (bicyclic) bond motifs is 1. The van der Waals surface area contributed by atoms with E-state index in [2.05, 4.69) is 10.6 Å². The summed E-state index contributed by atoms with van der Waals surface area (Å²) in [5.74, 6) is -1.94. The van der Waals surface area contributed by atoms with Gasteiger partial charge in [-0.2, -0.15) is 0 Å². The summed E-state index contributed by atoms with van der Waals surface area (Å²) in [6.07, 6.45) is 0.388. The van der Waals surface area contributed by atoms with Crippen molar-refractivity contribution in [2.75, 3.05) is 7.05 Å². The summed E-state index contributed by atoms with van der Waals surface area (Å²) in [7, 11) is 1.35. The van der Waals surface area contributed by atoms with Crippen molar-refractivity contribution in [1.29, 1.82) is 0 Å². The van der Waals surface area contributed by atoms with Gasteiger partial charge in [0.05, 0.1) is 11.1 Å². The average molecular weight is 400 g/mol. The molecule has 1 atom stereocenters. The fourth-order valence-electron chi connectivity index (χ4n) is 3.47. The van der Waals surface area contributed by atoms with Crippen LogP contribution in [0.15, 0.2) is 18.2 Å². The molecule has 0 spiro atoms. The minimum absolute atomic E-state index is 0.105. The molecule has 0 radical (unpaired) electrons. The van der Waals surface area contributed by atoms with Crippen LogP contribution in [0.4, 0.5) is 4.79 Å². The maximum absolute atomic E-state index is 13.1. The molecule has 154 valence electrons. The first-order valence-electron chi connectivity index (χ1n) is 9.36. The van der Waals surface area contributed by atoms with E-state index in [1.165, 1.54) is 18.0 Å². The Labute approximate surface area is 168 Å². The molecule has 0 aromatic heterocycles. The van der Waals surface area contributed by atoms with E-state index in [0.29, 0.717) is 5.56 Å². The molecule has 2 N–H and O–H groups in total. The van der Waals surface area contributed by atoms with Gasteiger partial charge in [-0.3, -0.25) is 29.4 Å². The van der Waals surface area contributed by atoms with Crippen LogP contribution in [0.1, 0.15) is 59.9 Å². The van der Waals surface area contributed by atoms with Crippen molar-refractivity contribution in [3.63, 3.8) is 0 Å². The van der Waals surface area contributed by atoms with E-state index in [1.54, 1.807) is 32.9 Å². The third-order valence-corrected chi connectivity index (χ3v) is 4.87. The van der Waals surface area contributed by atoms with Gasteiger partial charge in [0.1, 0.15) is 6.04 Å². The van der Waals surface area contributed by atoms with E-state index in [1.807, 2.05) is 0 Å². The van der Waals surface area contributed by atoms with Gasteiger partial charge in [0.2, 0.25) is 11.8 Å². The highest BCUT2D eigenvalue weighted by atomic mass is 16.2. The van der Waals surface area contributed by atoms with Gasteiger partial charge in [0, 0.05) is 25.6 Å². The van der Waals surface area contributed by atoms with Crippen LogP contribution in [0.2, 0.25) is 0 Å². The average Bonchev–Trinajstić information content (AvgIpc) is 2.96. The van der Waals surface area contributed by atoms with Crippen LogP contribution >= 0.6 is 0 Å². The third kappa shape index (κ3) is 3.98. The van der Waals surface area contributed by atoms with E-state index < -0.39 is 35.3 Å². The summed E-state index contributed by atoms with van der Waals surface area (Å²) in [4.78, 5) is 64.2. The molecular formula is C20H24N4O5. The summed E-state index contributed by atoms with van der Waals surface area (Å²) in [6.45, 7) is 5.56. The van der Waals surface area contributed by atoms with Crippen molar-refractivity contribution in [3.05, 3.63) is 34.9 Å². The van der Waals surface area contributed by atoms with Gasteiger partial charge in [0.25, 0.3) is 11.8 Å². The largest absolute Gasteiger partial charge is 0.333 e. The highest BCUT2D eigenvalue weighted by Crippen LogP contribution is 2.30. The zero-order valence-electron chi connectivity index (χ0n) is 16.9. The SMILES string of the molecule is CN(C(=O)NC(C)(C)C)C(=O)c1cccc2c1C(=O)N(C1CCC(=O)NC1=O)C2. The molecule has 0 aliphatic carbocycles. The van der Waals surface area contributed by atoms with Gasteiger partial charge in [0.15, 0.2) is 0 Å². The molecule has 1 aromatic carbocycles. The summed E-state index contributed by atoms with van der Waals surface area (Å²) in [6, 6.07) is 3.51. The molecule has 2 heterocycles. The van der Waals surface area contributed by atoms with Gasteiger partial charge < -0.3 is 10.2 Å². The lowest BCUT2D eigenvalue weighted by Gasteiger charge is -2.29. The van der Waals surface area contributed by atoms with Gasteiger partial charge >= 0.3 is 6.03 Å². The first-order valence-corrected chi connectivity index (χ1v) is 9.36. The van der Waals surface area contributed by atoms with Crippen LogP contribution < -0.4 is 10.6 Å². The smallest absolute Gasteiger partial charge is 0.324 e. The van der Waals surface area contributed by atoms with E-state index in [-0.39, 0.29) is 36.4 Å². The number of carbonyl (C=O) groups is 5. The number of urea groups is 1. The van der Waals surface area contributed by atoms with Crippen LogP contribution in [-0.4, -0.2) is 58.1 Å². The molecule has 0 bridgehead atoms. The highest BCUT2D eigenvalue weighted by molar-refractivity contribution is 6.14. The van der Waals surface area contributed by atoms with Crippen LogP contribution in [0.3, 0.4) is 0 Å². The molecule has 2 aliphatic rings. The Hall–Kier alpha value is -3.23. The molecule has 3 rings (SSSR count). The lowest BCUT2D eigenvalue weighted by atomic mass is 10.0. The Morgan fingerprint density at radius 3 is 2.52 bits per heavy atom. The Kier molecular flexibility index (Phi) is 5.16. The Morgan fingerprint density at radius 1 is 1.21 bits per heavy atom. The summed E-state index contributed by atoms with van der Waals surface area (Å²) in [5.41, 5.74) is 0.379. The summed E-state index contributed by atoms with van der Waals surface area (Å²) in [5, 5.41) is 4.95. The second-order valence-corrected chi connectivity index (χ2v) is 8.28. The molecule has 6 amide bonds. The van der Waals surface area contributed by atoms with Crippen molar-refractivity contribution in [2.45, 2.75) is 51.7 Å². The summed E-state index contributed by atoms with van der Waals surface area (Å²) >= 11 is 0. The predicted molar refractivity (Wildman–Crippen MR) is 103 cm³/mol. The number of nitrogens with one attached hydrogen (secondary N) is 2. The molecule has 1 unspecified atom stereocenters. The Morgan fingerprint density at radius 2 is 1.90 bits per heavy atom. The third-order valence-electron chi connectivity index (χ3n) is 4.87. The number of hydrogen-bond donors (Lipinski definition) is 2. The number of amides is 6. The van der Waals surface area contributed by atoms with Crippen molar-refractivity contribution in [2.24, 2.45) is 0 Å². The first-order chi connectivity index (χ1) is 13.5. The predicted octanol–water partition coefficient (Wildman–Crippen LogP) is 1.03. The van der Waals surface area contributed by atoms with Crippen molar-refractivity contribution in [1.82, 2.24) is 20.4 Å². The van der Waals surface area contributed by atoms with Crippen LogP contribution in [0.5, 0.6) is 0 Å². The zero-order valence-corrected chi connectivity index (χ0v) is 16.9. The van der Waals surface area contributed by atoms with E-state index >= 15 is 0 Å². The molecule has 1 fully saturated rings. The molecular weight excluding hydrogens is 376 g/mol. The number of benzene rings is 1. The second-order valence-electron chi connectivity index (χ2n) is 8.28. The molecule has 9 heteroatoms. The van der Waals surface area contributed by atoms with E-state index in [4.69, 9.17) is 0 Å². The quantitative estimate of drug-likeness (QED) is 0.720. The van der Waals surface area contributed by atoms with Crippen molar-refractivity contribution in [3.8, 4) is 0 Å². The Balaban J connectivity index is 1.86. The molecule has 9 nitrogen and oxygen atoms in total. The fraction of sp³-hybridized carbons (Fsp3) is 0.450. The number of hydrogen-bond acceptors (Lipinski definition) is 5. The minimum atomic E-state index is -0.766. The van der Waals surface area contributed by atoms with Gasteiger partial charge in [-0.05, 0) is 38.8 Å². The van der Waals surface area contributed by atoms with Crippen molar-refractivity contribution < 1.29 is 24.0 Å². The maximum atomic E-state index is 13.1. The molecule has 0 saturated carbocycles. The topological polar surface area (TPSA) is 116 Å². The number of imide groups is 2.